The predicted molar refractivity (Wildman–Crippen MR) is 160 cm³/mol. The number of fused-ring (bicyclic) bond motifs is 1. The zero-order valence-corrected chi connectivity index (χ0v) is 25.5. The van der Waals surface area contributed by atoms with E-state index in [0.717, 1.165) is 36.1 Å². The van der Waals surface area contributed by atoms with E-state index in [4.69, 9.17) is 4.74 Å². The van der Waals surface area contributed by atoms with Gasteiger partial charge in [0.25, 0.3) is 5.78 Å². The molecule has 1 atom stereocenters. The lowest BCUT2D eigenvalue weighted by atomic mass is 9.73. The van der Waals surface area contributed by atoms with Gasteiger partial charge in [-0.2, -0.15) is 5.26 Å². The van der Waals surface area contributed by atoms with Gasteiger partial charge in [0.15, 0.2) is 0 Å². The third kappa shape index (κ3) is 7.22. The molecule has 2 aromatic heterocycles. The first kappa shape index (κ1) is 30.0. The lowest BCUT2D eigenvalue weighted by Gasteiger charge is -2.29. The Hall–Kier alpha value is -3.96. The highest BCUT2D eigenvalue weighted by Crippen LogP contribution is 2.47. The van der Waals surface area contributed by atoms with Gasteiger partial charge in [0.2, 0.25) is 5.95 Å². The lowest BCUT2D eigenvalue weighted by Crippen LogP contribution is -2.39. The van der Waals surface area contributed by atoms with E-state index in [1.54, 1.807) is 23.5 Å². The highest BCUT2D eigenvalue weighted by Gasteiger charge is 2.36. The fraction of sp³-hybridized carbons (Fsp3) is 0.533. The smallest absolute Gasteiger partial charge is 0.410 e. The molecular weight excluding hydrogens is 538 g/mol. The van der Waals surface area contributed by atoms with E-state index in [2.05, 4.69) is 32.9 Å². The van der Waals surface area contributed by atoms with Crippen molar-refractivity contribution >= 4 is 40.5 Å². The maximum absolute atomic E-state index is 13.2. The van der Waals surface area contributed by atoms with E-state index < -0.39 is 16.8 Å². The van der Waals surface area contributed by atoms with Crippen LogP contribution < -0.4 is 4.90 Å². The third-order valence-electron chi connectivity index (χ3n) is 6.87. The van der Waals surface area contributed by atoms with Crippen LogP contribution in [0.25, 0.3) is 0 Å². The largest absolute Gasteiger partial charge is 0.444 e. The number of rotatable bonds is 4. The van der Waals surface area contributed by atoms with Gasteiger partial charge in [-0.3, -0.25) is 4.79 Å². The van der Waals surface area contributed by atoms with Gasteiger partial charge in [-0.05, 0) is 65.4 Å². The first-order valence-electron chi connectivity index (χ1n) is 13.8. The maximum atomic E-state index is 13.2. The Morgan fingerprint density at radius 2 is 2.00 bits per heavy atom. The lowest BCUT2D eigenvalue weighted by molar-refractivity contribution is 0.0263. The summed E-state index contributed by atoms with van der Waals surface area (Å²) in [6, 6.07) is 3.91. The Balaban J connectivity index is 1.52. The molecule has 0 spiro atoms. The number of ketones is 1. The Morgan fingerprint density at radius 3 is 2.71 bits per heavy atom. The molecule has 10 nitrogen and oxygen atoms in total. The van der Waals surface area contributed by atoms with Crippen molar-refractivity contribution in [3.8, 4) is 17.9 Å². The Bertz CT molecular complexity index is 1440. The summed E-state index contributed by atoms with van der Waals surface area (Å²) in [6.07, 6.45) is 6.19. The van der Waals surface area contributed by atoms with Crippen LogP contribution in [0.5, 0.6) is 0 Å². The minimum Gasteiger partial charge on any atom is -0.444 e. The van der Waals surface area contributed by atoms with Crippen molar-refractivity contribution in [2.75, 3.05) is 45.2 Å². The van der Waals surface area contributed by atoms with E-state index in [9.17, 15) is 14.9 Å². The second-order valence-corrected chi connectivity index (χ2v) is 12.8. The predicted octanol–water partition coefficient (Wildman–Crippen LogP) is 4.56. The summed E-state index contributed by atoms with van der Waals surface area (Å²) in [7, 11) is 3.77. The third-order valence-corrected chi connectivity index (χ3v) is 8.03. The second kappa shape index (κ2) is 12.3. The summed E-state index contributed by atoms with van der Waals surface area (Å²) in [5, 5.41) is 10.7. The molecule has 1 saturated heterocycles. The van der Waals surface area contributed by atoms with Crippen molar-refractivity contribution < 1.29 is 14.3 Å². The van der Waals surface area contributed by atoms with Crippen molar-refractivity contribution in [3.63, 3.8) is 0 Å². The second-order valence-electron chi connectivity index (χ2n) is 11.7. The van der Waals surface area contributed by atoms with Crippen LogP contribution in [0.4, 0.5) is 15.7 Å². The molecule has 0 saturated carbocycles. The molecule has 0 radical (unpaired) electrons. The van der Waals surface area contributed by atoms with Crippen LogP contribution in [0, 0.1) is 23.2 Å². The van der Waals surface area contributed by atoms with Crippen LogP contribution in [0.15, 0.2) is 17.3 Å². The molecule has 41 heavy (non-hydrogen) atoms. The van der Waals surface area contributed by atoms with E-state index in [1.807, 2.05) is 51.6 Å². The average molecular weight is 576 g/mol. The van der Waals surface area contributed by atoms with Crippen molar-refractivity contribution in [1.29, 1.82) is 5.26 Å². The molecule has 0 N–H and O–H groups in total. The number of hydrogen-bond donors (Lipinski definition) is 0. The van der Waals surface area contributed by atoms with E-state index in [1.165, 1.54) is 11.3 Å². The van der Waals surface area contributed by atoms with Crippen molar-refractivity contribution in [2.45, 2.75) is 64.4 Å². The van der Waals surface area contributed by atoms with E-state index >= 15 is 0 Å². The van der Waals surface area contributed by atoms with E-state index in [0.29, 0.717) is 42.7 Å². The molecular formula is C30H37N7O3S. The monoisotopic (exact) mass is 575 g/mol. The number of aliphatic imine (C=N–C) groups is 1. The summed E-state index contributed by atoms with van der Waals surface area (Å²) in [5.41, 5.74) is 0.461. The summed E-state index contributed by atoms with van der Waals surface area (Å²) in [4.78, 5) is 45.8. The number of carbonyl (C=O) groups is 2. The number of hydrogen-bond acceptors (Lipinski definition) is 9. The van der Waals surface area contributed by atoms with Crippen molar-refractivity contribution in [3.05, 3.63) is 34.0 Å². The molecule has 1 amide bonds. The fourth-order valence-corrected chi connectivity index (χ4v) is 6.21. The molecule has 0 unspecified atom stereocenters. The molecule has 2 aromatic rings. The van der Waals surface area contributed by atoms with Crippen LogP contribution in [-0.4, -0.2) is 83.9 Å². The Morgan fingerprint density at radius 1 is 1.22 bits per heavy atom. The number of anilines is 1. The SMILES string of the molecule is CN(C)/C=N/c1sc2c(c1C#N)[C@@](C)(C#CC(=O)c1ccnc(N3CCCN(C(=O)OC(C)(C)C)CC3)n1)CCC2. The number of carbonyl (C=O) groups excluding carboxylic acids is 2. The average Bonchev–Trinajstić information content (AvgIpc) is 3.10. The standard InChI is InChI=1S/C30H37N7O3S/c1-29(2,3)40-28(39)37-16-8-15-36(17-18-37)27-32-14-11-22(34-27)23(38)10-13-30(4)12-7-9-24-25(30)21(19-31)26(41-24)33-20-35(5)6/h11,14,20H,7-9,12,15-18H2,1-6H3/b33-20+/t30-/m1/s1. The van der Waals surface area contributed by atoms with Crippen LogP contribution >= 0.6 is 11.3 Å². The quantitative estimate of drug-likeness (QED) is 0.171. The molecule has 2 aliphatic rings. The number of aromatic nitrogens is 2. The first-order chi connectivity index (χ1) is 19.4. The van der Waals surface area contributed by atoms with Crippen LogP contribution in [-0.2, 0) is 16.6 Å². The molecule has 0 bridgehead atoms. The summed E-state index contributed by atoms with van der Waals surface area (Å²) in [6.45, 7) is 9.77. The fourth-order valence-electron chi connectivity index (χ4n) is 4.95. The maximum Gasteiger partial charge on any atom is 0.410 e. The zero-order valence-electron chi connectivity index (χ0n) is 24.7. The number of thiophene rings is 1. The topological polar surface area (TPSA) is 115 Å². The van der Waals surface area contributed by atoms with Gasteiger partial charge in [0.1, 0.15) is 22.4 Å². The van der Waals surface area contributed by atoms with Crippen molar-refractivity contribution in [1.82, 2.24) is 19.8 Å². The van der Waals surface area contributed by atoms with Gasteiger partial charge in [0, 0.05) is 56.9 Å². The van der Waals surface area contributed by atoms with E-state index in [-0.39, 0.29) is 11.8 Å². The number of ether oxygens (including phenoxy) is 1. The zero-order chi connectivity index (χ0) is 29.8. The van der Waals surface area contributed by atoms with Crippen LogP contribution in [0.2, 0.25) is 0 Å². The molecule has 11 heteroatoms. The van der Waals surface area contributed by atoms with Crippen molar-refractivity contribution in [2.24, 2.45) is 4.99 Å². The Labute approximate surface area is 246 Å². The number of nitrogens with zero attached hydrogens (tertiary/aromatic N) is 7. The number of Topliss-reactive ketones (excluding diaryl/α,β-unsaturated/α-hetero) is 1. The molecule has 216 valence electrons. The van der Waals surface area contributed by atoms with Gasteiger partial charge in [-0.25, -0.2) is 19.8 Å². The van der Waals surface area contributed by atoms with Gasteiger partial charge in [-0.15, -0.1) is 11.3 Å². The minimum absolute atomic E-state index is 0.220. The highest BCUT2D eigenvalue weighted by atomic mass is 32.1. The van der Waals surface area contributed by atoms with Gasteiger partial charge in [-0.1, -0.05) is 5.92 Å². The minimum atomic E-state index is -0.636. The van der Waals surface area contributed by atoms with Crippen LogP contribution in [0.3, 0.4) is 0 Å². The molecule has 1 fully saturated rings. The summed E-state index contributed by atoms with van der Waals surface area (Å²) >= 11 is 1.53. The molecule has 1 aliphatic heterocycles. The highest BCUT2D eigenvalue weighted by molar-refractivity contribution is 7.16. The summed E-state index contributed by atoms with van der Waals surface area (Å²) in [5.74, 6) is 6.08. The molecule has 4 rings (SSSR count). The number of nitriles is 1. The van der Waals surface area contributed by atoms with Gasteiger partial charge < -0.3 is 19.4 Å². The van der Waals surface area contributed by atoms with Gasteiger partial charge >= 0.3 is 6.09 Å². The normalized spacial score (nSPS) is 19.0. The first-order valence-corrected chi connectivity index (χ1v) is 14.6. The molecule has 0 aromatic carbocycles. The summed E-state index contributed by atoms with van der Waals surface area (Å²) < 4.78 is 5.52. The van der Waals surface area contributed by atoms with Crippen LogP contribution in [0.1, 0.15) is 73.4 Å². The number of amides is 1. The molecule has 3 heterocycles. The van der Waals surface area contributed by atoms with Gasteiger partial charge in [0.05, 0.1) is 17.3 Å². The number of aryl methyl sites for hydroxylation is 1. The molecule has 1 aliphatic carbocycles. The Kier molecular flexibility index (Phi) is 8.98.